The summed E-state index contributed by atoms with van der Waals surface area (Å²) in [5, 5.41) is 11.8. The van der Waals surface area contributed by atoms with Crippen LogP contribution in [0.2, 0.25) is 0 Å². The Morgan fingerprint density at radius 2 is 0.730 bits per heavy atom. The molecule has 0 saturated heterocycles. The molecule has 0 rings (SSSR count). The highest BCUT2D eigenvalue weighted by atomic mass is 16.6. The summed E-state index contributed by atoms with van der Waals surface area (Å²) in [6, 6.07) is 0. The van der Waals surface area contributed by atoms with Gasteiger partial charge in [-0.25, -0.2) is 4.79 Å². The van der Waals surface area contributed by atoms with Crippen LogP contribution >= 0.6 is 0 Å². The fraction of sp³-hybridized carbons (Fsp3) is 0.955. The molecule has 15 nitrogen and oxygen atoms in total. The molecule has 0 aliphatic heterocycles. The van der Waals surface area contributed by atoms with E-state index in [2.05, 4.69) is 10.0 Å². The molecule has 0 heterocycles. The van der Waals surface area contributed by atoms with Crippen LogP contribution in [0.5, 0.6) is 0 Å². The second kappa shape index (κ2) is 32.4. The van der Waals surface area contributed by atoms with Gasteiger partial charge in [0.15, 0.2) is 0 Å². The van der Waals surface area contributed by atoms with Gasteiger partial charge in [-0.3, -0.25) is 0 Å². The largest absolute Gasteiger partial charge is 0.480 e. The summed E-state index contributed by atoms with van der Waals surface area (Å²) in [5.41, 5.74) is 8.11. The maximum absolute atomic E-state index is 10.2. The van der Waals surface area contributed by atoms with Crippen molar-refractivity contribution < 1.29 is 57.3 Å². The maximum Gasteiger partial charge on any atom is 0.329 e. The zero-order chi connectivity index (χ0) is 26.9. The number of hydrogen-bond donors (Lipinski definition) is 1. The lowest BCUT2D eigenvalue weighted by atomic mass is 10.6. The van der Waals surface area contributed by atoms with Gasteiger partial charge in [-0.2, -0.15) is 0 Å². The molecule has 0 aliphatic carbocycles. The summed E-state index contributed by atoms with van der Waals surface area (Å²) >= 11 is 0. The van der Waals surface area contributed by atoms with Crippen LogP contribution in [0.3, 0.4) is 0 Å². The molecule has 0 atom stereocenters. The van der Waals surface area contributed by atoms with Gasteiger partial charge < -0.3 is 52.5 Å². The number of ether oxygens (including phenoxy) is 10. The Balaban J connectivity index is 3.03. The van der Waals surface area contributed by atoms with E-state index in [0.29, 0.717) is 125 Å². The molecule has 0 spiro atoms. The smallest absolute Gasteiger partial charge is 0.329 e. The van der Waals surface area contributed by atoms with Crippen LogP contribution in [0, 0.1) is 0 Å². The number of aliphatic carboxylic acids is 1. The molecule has 0 aromatic carbocycles. The van der Waals surface area contributed by atoms with Gasteiger partial charge in [0.05, 0.1) is 126 Å². The van der Waals surface area contributed by atoms with Crippen LogP contribution in [-0.2, 0) is 52.2 Å². The van der Waals surface area contributed by atoms with Crippen molar-refractivity contribution in [3.8, 4) is 0 Å². The van der Waals surface area contributed by atoms with Crippen molar-refractivity contribution in [3.05, 3.63) is 10.4 Å². The summed E-state index contributed by atoms with van der Waals surface area (Å²) < 4.78 is 53.0. The zero-order valence-electron chi connectivity index (χ0n) is 21.6. The number of nitrogens with zero attached hydrogens (tertiary/aromatic N) is 3. The van der Waals surface area contributed by atoms with Crippen LogP contribution in [0.25, 0.3) is 10.4 Å². The summed E-state index contributed by atoms with van der Waals surface area (Å²) in [6.07, 6.45) is 0. The summed E-state index contributed by atoms with van der Waals surface area (Å²) in [6.45, 7) is 8.47. The minimum atomic E-state index is -0.998. The number of carboxylic acid groups (broad SMARTS) is 1. The Morgan fingerprint density at radius 3 is 0.973 bits per heavy atom. The van der Waals surface area contributed by atoms with Gasteiger partial charge in [0.2, 0.25) is 0 Å². The van der Waals surface area contributed by atoms with Crippen LogP contribution < -0.4 is 0 Å². The first-order chi connectivity index (χ1) is 18.3. The van der Waals surface area contributed by atoms with Crippen molar-refractivity contribution in [1.82, 2.24) is 0 Å². The fourth-order valence-electron chi connectivity index (χ4n) is 2.29. The summed E-state index contributed by atoms with van der Waals surface area (Å²) in [5.74, 6) is -0.998. The Kier molecular flexibility index (Phi) is 31.0. The van der Waals surface area contributed by atoms with Gasteiger partial charge >= 0.3 is 5.97 Å². The van der Waals surface area contributed by atoms with E-state index in [0.717, 1.165) is 0 Å². The molecule has 0 radical (unpaired) electrons. The van der Waals surface area contributed by atoms with Crippen molar-refractivity contribution in [2.24, 2.45) is 5.11 Å². The first-order valence-electron chi connectivity index (χ1n) is 12.3. The molecule has 0 saturated carbocycles. The first-order valence-corrected chi connectivity index (χ1v) is 12.3. The van der Waals surface area contributed by atoms with Gasteiger partial charge in [0, 0.05) is 11.5 Å². The van der Waals surface area contributed by atoms with Gasteiger partial charge in [0.25, 0.3) is 0 Å². The highest BCUT2D eigenvalue weighted by Gasteiger charge is 1.97. The van der Waals surface area contributed by atoms with Crippen molar-refractivity contribution >= 4 is 5.97 Å². The third-order valence-electron chi connectivity index (χ3n) is 3.97. The first kappa shape index (κ1) is 35.4. The second-order valence-electron chi connectivity index (χ2n) is 6.91. The minimum absolute atomic E-state index is 0.240. The quantitative estimate of drug-likeness (QED) is 0.0542. The Labute approximate surface area is 218 Å². The molecule has 218 valence electrons. The predicted molar refractivity (Wildman–Crippen MR) is 130 cm³/mol. The minimum Gasteiger partial charge on any atom is -0.480 e. The molecule has 37 heavy (non-hydrogen) atoms. The number of carboxylic acids is 1. The second-order valence-corrected chi connectivity index (χ2v) is 6.91. The molecule has 0 aliphatic rings. The van der Waals surface area contributed by atoms with E-state index >= 15 is 0 Å². The summed E-state index contributed by atoms with van der Waals surface area (Å²) in [7, 11) is 0. The molecular weight excluding hydrogens is 498 g/mol. The lowest BCUT2D eigenvalue weighted by Gasteiger charge is -2.09. The van der Waals surface area contributed by atoms with Gasteiger partial charge in [-0.15, -0.1) is 0 Å². The molecule has 0 fully saturated rings. The maximum atomic E-state index is 10.2. The molecule has 0 aromatic heterocycles. The van der Waals surface area contributed by atoms with Crippen LogP contribution in [0.15, 0.2) is 5.11 Å². The Bertz CT molecular complexity index is 497. The molecule has 1 N–H and O–H groups in total. The number of hydrogen-bond acceptors (Lipinski definition) is 12. The standard InChI is InChI=1S/C22H43N3O12/c23-25-24-1-2-28-3-4-29-5-6-30-7-8-31-9-10-32-11-12-33-13-14-34-15-16-35-17-18-36-19-20-37-21-22(26)27/h1-21H2,(H,26,27). The van der Waals surface area contributed by atoms with Crippen LogP contribution in [-0.4, -0.2) is 150 Å². The number of azide groups is 1. The van der Waals surface area contributed by atoms with Crippen molar-refractivity contribution in [2.75, 3.05) is 139 Å². The molecule has 15 heteroatoms. The summed E-state index contributed by atoms with van der Waals surface area (Å²) in [4.78, 5) is 12.9. The zero-order valence-corrected chi connectivity index (χ0v) is 21.6. The average Bonchev–Trinajstić information content (AvgIpc) is 2.89. The lowest BCUT2D eigenvalue weighted by molar-refractivity contribution is -0.142. The van der Waals surface area contributed by atoms with Crippen molar-refractivity contribution in [3.63, 3.8) is 0 Å². The van der Waals surface area contributed by atoms with Crippen molar-refractivity contribution in [2.45, 2.75) is 0 Å². The van der Waals surface area contributed by atoms with Gasteiger partial charge in [-0.1, -0.05) is 5.11 Å². The van der Waals surface area contributed by atoms with Crippen LogP contribution in [0.1, 0.15) is 0 Å². The van der Waals surface area contributed by atoms with Gasteiger partial charge in [-0.05, 0) is 5.53 Å². The molecule has 0 aromatic rings. The highest BCUT2D eigenvalue weighted by molar-refractivity contribution is 5.67. The van der Waals surface area contributed by atoms with E-state index in [-0.39, 0.29) is 13.2 Å². The van der Waals surface area contributed by atoms with E-state index < -0.39 is 5.97 Å². The van der Waals surface area contributed by atoms with E-state index in [1.807, 2.05) is 0 Å². The van der Waals surface area contributed by atoms with E-state index in [4.69, 9.17) is 58.0 Å². The average molecular weight is 542 g/mol. The van der Waals surface area contributed by atoms with E-state index in [1.165, 1.54) is 0 Å². The molecule has 0 bridgehead atoms. The highest BCUT2D eigenvalue weighted by Crippen LogP contribution is 1.86. The monoisotopic (exact) mass is 541 g/mol. The third-order valence-corrected chi connectivity index (χ3v) is 3.97. The fourth-order valence-corrected chi connectivity index (χ4v) is 2.29. The molecule has 0 amide bonds. The number of rotatable bonds is 32. The third kappa shape index (κ3) is 34.4. The molecule has 0 unspecified atom stereocenters. The normalized spacial score (nSPS) is 11.0. The predicted octanol–water partition coefficient (Wildman–Crippen LogP) is 0.547. The lowest BCUT2D eigenvalue weighted by Crippen LogP contribution is -2.15. The Morgan fingerprint density at radius 1 is 0.486 bits per heavy atom. The van der Waals surface area contributed by atoms with E-state index in [9.17, 15) is 4.79 Å². The van der Waals surface area contributed by atoms with E-state index in [1.54, 1.807) is 0 Å². The van der Waals surface area contributed by atoms with Gasteiger partial charge in [0.1, 0.15) is 6.61 Å². The SMILES string of the molecule is [N-]=[N+]=NCCOCCOCCOCCOCCOCCOCCOCCOCCOCCOCC(=O)O. The molecular formula is C22H43N3O12. The number of carbonyl (C=O) groups is 1. The van der Waals surface area contributed by atoms with Crippen molar-refractivity contribution in [1.29, 1.82) is 0 Å². The van der Waals surface area contributed by atoms with Crippen LogP contribution in [0.4, 0.5) is 0 Å². The topological polar surface area (TPSA) is 178 Å². The Hall–Kier alpha value is -1.62.